The number of nitrogens with zero attached hydrogens (tertiary/aromatic N) is 1. The Morgan fingerprint density at radius 2 is 1.78 bits per heavy atom. The average Bonchev–Trinajstić information content (AvgIpc) is 3.21. The molecule has 0 atom stereocenters. The number of benzene rings is 1. The topological polar surface area (TPSA) is 29.5 Å². The number of rotatable bonds is 2. The molecule has 0 N–H and O–H groups in total. The molecule has 1 amide bonds. The molecule has 3 nitrogen and oxygen atoms in total. The Labute approximate surface area is 108 Å². The van der Waals surface area contributed by atoms with Gasteiger partial charge in [-0.3, -0.25) is 4.79 Å². The smallest absolute Gasteiger partial charge is 0.233 e. The van der Waals surface area contributed by atoms with Gasteiger partial charge in [-0.2, -0.15) is 0 Å². The standard InChI is InChI=1S/C15H19NO2/c1-12-2-4-13(5-3-12)15(6-7-15)14(17)16-8-10-18-11-9-16/h2-5H,6-11H2,1H3. The van der Waals surface area contributed by atoms with Gasteiger partial charge in [-0.1, -0.05) is 29.8 Å². The van der Waals surface area contributed by atoms with Gasteiger partial charge in [-0.05, 0) is 25.3 Å². The van der Waals surface area contributed by atoms with Crippen LogP contribution in [0.5, 0.6) is 0 Å². The van der Waals surface area contributed by atoms with Gasteiger partial charge in [0.1, 0.15) is 0 Å². The Balaban J connectivity index is 1.81. The lowest BCUT2D eigenvalue weighted by atomic mass is 9.93. The van der Waals surface area contributed by atoms with Crippen LogP contribution in [0.1, 0.15) is 24.0 Å². The summed E-state index contributed by atoms with van der Waals surface area (Å²) < 4.78 is 5.31. The van der Waals surface area contributed by atoms with Crippen molar-refractivity contribution < 1.29 is 9.53 Å². The molecular weight excluding hydrogens is 226 g/mol. The molecule has 0 aromatic heterocycles. The van der Waals surface area contributed by atoms with E-state index in [0.717, 1.165) is 25.9 Å². The van der Waals surface area contributed by atoms with Gasteiger partial charge >= 0.3 is 0 Å². The fourth-order valence-corrected chi connectivity index (χ4v) is 2.69. The first-order chi connectivity index (χ1) is 8.72. The molecule has 1 saturated heterocycles. The van der Waals surface area contributed by atoms with Crippen molar-refractivity contribution in [3.63, 3.8) is 0 Å². The van der Waals surface area contributed by atoms with Crippen molar-refractivity contribution >= 4 is 5.91 Å². The minimum Gasteiger partial charge on any atom is -0.378 e. The monoisotopic (exact) mass is 245 g/mol. The number of carbonyl (C=O) groups is 1. The van der Waals surface area contributed by atoms with Crippen LogP contribution < -0.4 is 0 Å². The number of morpholine rings is 1. The van der Waals surface area contributed by atoms with Crippen molar-refractivity contribution in [3.8, 4) is 0 Å². The van der Waals surface area contributed by atoms with E-state index < -0.39 is 0 Å². The van der Waals surface area contributed by atoms with Gasteiger partial charge in [0, 0.05) is 13.1 Å². The maximum Gasteiger partial charge on any atom is 0.233 e. The highest BCUT2D eigenvalue weighted by atomic mass is 16.5. The number of aryl methyl sites for hydroxylation is 1. The molecule has 1 aromatic carbocycles. The Morgan fingerprint density at radius 1 is 1.17 bits per heavy atom. The van der Waals surface area contributed by atoms with Gasteiger partial charge in [0.15, 0.2) is 0 Å². The molecule has 1 saturated carbocycles. The second-order valence-electron chi connectivity index (χ2n) is 5.35. The number of hydrogen-bond acceptors (Lipinski definition) is 2. The number of amides is 1. The second-order valence-corrected chi connectivity index (χ2v) is 5.35. The molecule has 18 heavy (non-hydrogen) atoms. The van der Waals surface area contributed by atoms with Crippen LogP contribution in [0.15, 0.2) is 24.3 Å². The molecule has 2 fully saturated rings. The molecule has 0 radical (unpaired) electrons. The Hall–Kier alpha value is -1.35. The summed E-state index contributed by atoms with van der Waals surface area (Å²) in [6.45, 7) is 4.91. The van der Waals surface area contributed by atoms with Crippen LogP contribution in [0.25, 0.3) is 0 Å². The highest BCUT2D eigenvalue weighted by Crippen LogP contribution is 2.49. The predicted molar refractivity (Wildman–Crippen MR) is 69.5 cm³/mol. The first kappa shape index (κ1) is 11.7. The van der Waals surface area contributed by atoms with Crippen molar-refractivity contribution in [2.24, 2.45) is 0 Å². The predicted octanol–water partition coefficient (Wildman–Crippen LogP) is 1.89. The van der Waals surface area contributed by atoms with Gasteiger partial charge in [-0.25, -0.2) is 0 Å². The van der Waals surface area contributed by atoms with Gasteiger partial charge < -0.3 is 9.64 Å². The SMILES string of the molecule is Cc1ccc(C2(C(=O)N3CCOCC3)CC2)cc1. The van der Waals surface area contributed by atoms with Crippen LogP contribution in [-0.4, -0.2) is 37.1 Å². The quantitative estimate of drug-likeness (QED) is 0.796. The van der Waals surface area contributed by atoms with Crippen molar-refractivity contribution in [1.82, 2.24) is 4.90 Å². The summed E-state index contributed by atoms with van der Waals surface area (Å²) in [5.74, 6) is 0.301. The van der Waals surface area contributed by atoms with E-state index in [0.29, 0.717) is 19.1 Å². The average molecular weight is 245 g/mol. The summed E-state index contributed by atoms with van der Waals surface area (Å²) in [7, 11) is 0. The normalized spacial score (nSPS) is 21.7. The molecule has 3 heteroatoms. The van der Waals surface area contributed by atoms with Crippen molar-refractivity contribution in [1.29, 1.82) is 0 Å². The lowest BCUT2D eigenvalue weighted by Gasteiger charge is -2.30. The summed E-state index contributed by atoms with van der Waals surface area (Å²) in [6.07, 6.45) is 1.98. The third-order valence-corrected chi connectivity index (χ3v) is 4.06. The third-order valence-electron chi connectivity index (χ3n) is 4.06. The van der Waals surface area contributed by atoms with Crippen LogP contribution in [0, 0.1) is 6.92 Å². The van der Waals surface area contributed by atoms with Gasteiger partial charge in [0.25, 0.3) is 0 Å². The van der Waals surface area contributed by atoms with Crippen molar-refractivity contribution in [3.05, 3.63) is 35.4 Å². The van der Waals surface area contributed by atoms with Crippen LogP contribution in [-0.2, 0) is 14.9 Å². The summed E-state index contributed by atoms with van der Waals surface area (Å²) >= 11 is 0. The van der Waals surface area contributed by atoms with Crippen LogP contribution in [0.2, 0.25) is 0 Å². The molecule has 1 aromatic rings. The molecule has 0 bridgehead atoms. The fourth-order valence-electron chi connectivity index (χ4n) is 2.69. The Morgan fingerprint density at radius 3 is 2.33 bits per heavy atom. The molecule has 96 valence electrons. The molecule has 0 unspecified atom stereocenters. The Bertz CT molecular complexity index is 442. The van der Waals surface area contributed by atoms with E-state index >= 15 is 0 Å². The van der Waals surface area contributed by atoms with E-state index in [1.807, 2.05) is 4.90 Å². The van der Waals surface area contributed by atoms with Crippen LogP contribution in [0.3, 0.4) is 0 Å². The highest BCUT2D eigenvalue weighted by molar-refractivity contribution is 5.91. The number of hydrogen-bond donors (Lipinski definition) is 0. The largest absolute Gasteiger partial charge is 0.378 e. The maximum absolute atomic E-state index is 12.6. The minimum absolute atomic E-state index is 0.217. The van der Waals surface area contributed by atoms with Crippen molar-refractivity contribution in [2.75, 3.05) is 26.3 Å². The summed E-state index contributed by atoms with van der Waals surface area (Å²) in [6, 6.07) is 8.42. The summed E-state index contributed by atoms with van der Waals surface area (Å²) in [5.41, 5.74) is 2.21. The van der Waals surface area contributed by atoms with E-state index in [-0.39, 0.29) is 5.41 Å². The van der Waals surface area contributed by atoms with Crippen molar-refractivity contribution in [2.45, 2.75) is 25.2 Å². The minimum atomic E-state index is -0.217. The number of carbonyl (C=O) groups excluding carboxylic acids is 1. The van der Waals surface area contributed by atoms with Gasteiger partial charge in [-0.15, -0.1) is 0 Å². The summed E-state index contributed by atoms with van der Waals surface area (Å²) in [5, 5.41) is 0. The highest BCUT2D eigenvalue weighted by Gasteiger charge is 2.52. The van der Waals surface area contributed by atoms with Gasteiger partial charge in [0.05, 0.1) is 18.6 Å². The van der Waals surface area contributed by atoms with Crippen LogP contribution >= 0.6 is 0 Å². The zero-order valence-corrected chi connectivity index (χ0v) is 10.8. The zero-order chi connectivity index (χ0) is 12.6. The third kappa shape index (κ3) is 1.93. The Kier molecular flexibility index (Phi) is 2.86. The molecule has 1 aliphatic heterocycles. The molecular formula is C15H19NO2. The zero-order valence-electron chi connectivity index (χ0n) is 10.8. The van der Waals surface area contributed by atoms with E-state index in [9.17, 15) is 4.79 Å². The van der Waals surface area contributed by atoms with Gasteiger partial charge in [0.2, 0.25) is 5.91 Å². The van der Waals surface area contributed by atoms with Crippen LogP contribution in [0.4, 0.5) is 0 Å². The second kappa shape index (κ2) is 4.39. The maximum atomic E-state index is 12.6. The van der Waals surface area contributed by atoms with E-state index in [4.69, 9.17) is 4.74 Å². The first-order valence-electron chi connectivity index (χ1n) is 6.67. The molecule has 3 rings (SSSR count). The molecule has 0 spiro atoms. The van der Waals surface area contributed by atoms with E-state index in [1.54, 1.807) is 0 Å². The molecule has 2 aliphatic rings. The van der Waals surface area contributed by atoms with E-state index in [2.05, 4.69) is 31.2 Å². The summed E-state index contributed by atoms with van der Waals surface area (Å²) in [4.78, 5) is 14.6. The fraction of sp³-hybridized carbons (Fsp3) is 0.533. The van der Waals surface area contributed by atoms with E-state index in [1.165, 1.54) is 11.1 Å². The molecule has 1 heterocycles. The lowest BCUT2D eigenvalue weighted by molar-refractivity contribution is -0.138. The molecule has 1 aliphatic carbocycles. The first-order valence-corrected chi connectivity index (χ1v) is 6.67. The lowest BCUT2D eigenvalue weighted by Crippen LogP contribution is -2.45. The number of ether oxygens (including phenoxy) is 1.